The van der Waals surface area contributed by atoms with E-state index in [1.165, 1.54) is 16.8 Å². The number of fused-ring (bicyclic) bond motifs is 2. The van der Waals surface area contributed by atoms with Gasteiger partial charge in [0, 0.05) is 37.9 Å². The zero-order valence-corrected chi connectivity index (χ0v) is 10.3. The van der Waals surface area contributed by atoms with E-state index in [0.717, 1.165) is 13.1 Å². The fourth-order valence-corrected chi connectivity index (χ4v) is 2.85. The van der Waals surface area contributed by atoms with Gasteiger partial charge in [0.15, 0.2) is 0 Å². The molecule has 1 atom stereocenters. The molecular formula is C13H18N2O2. The standard InChI is InChI=1S/C13H18N2O2/c1-9-3-4-15-12-10(5-16-2)6-17-13(11(9)12)7-14-8-13/h3-4,10,14H,5-8H2,1-2H3. The van der Waals surface area contributed by atoms with Crippen LogP contribution in [0.5, 0.6) is 0 Å². The normalized spacial score (nSPS) is 25.4. The number of rotatable bonds is 2. The Hall–Kier alpha value is -0.970. The molecule has 1 unspecified atom stereocenters. The highest BCUT2D eigenvalue weighted by Crippen LogP contribution is 2.41. The van der Waals surface area contributed by atoms with Crippen molar-refractivity contribution in [2.24, 2.45) is 0 Å². The number of aryl methyl sites for hydroxylation is 1. The maximum Gasteiger partial charge on any atom is 0.120 e. The number of pyridine rings is 1. The summed E-state index contributed by atoms with van der Waals surface area (Å²) < 4.78 is 11.4. The maximum atomic E-state index is 6.09. The third-order valence-electron chi connectivity index (χ3n) is 3.78. The van der Waals surface area contributed by atoms with E-state index in [1.807, 2.05) is 6.20 Å². The zero-order chi connectivity index (χ0) is 11.9. The predicted molar refractivity (Wildman–Crippen MR) is 64.1 cm³/mol. The molecule has 17 heavy (non-hydrogen) atoms. The Morgan fingerprint density at radius 2 is 2.41 bits per heavy atom. The summed E-state index contributed by atoms with van der Waals surface area (Å²) in [6.45, 7) is 5.31. The number of aromatic nitrogens is 1. The lowest BCUT2D eigenvalue weighted by molar-refractivity contribution is -0.110. The Balaban J connectivity index is 2.07. The fourth-order valence-electron chi connectivity index (χ4n) is 2.85. The number of nitrogens with one attached hydrogen (secondary N) is 1. The largest absolute Gasteiger partial charge is 0.384 e. The first-order valence-electron chi connectivity index (χ1n) is 6.06. The van der Waals surface area contributed by atoms with E-state index < -0.39 is 0 Å². The van der Waals surface area contributed by atoms with Crippen molar-refractivity contribution in [1.82, 2.24) is 10.3 Å². The molecule has 0 amide bonds. The molecular weight excluding hydrogens is 216 g/mol. The zero-order valence-electron chi connectivity index (χ0n) is 10.3. The van der Waals surface area contributed by atoms with Gasteiger partial charge in [0.05, 0.1) is 18.9 Å². The van der Waals surface area contributed by atoms with Gasteiger partial charge in [-0.15, -0.1) is 0 Å². The van der Waals surface area contributed by atoms with Gasteiger partial charge >= 0.3 is 0 Å². The molecule has 2 aliphatic heterocycles. The average molecular weight is 234 g/mol. The molecule has 0 bridgehead atoms. The number of hydrogen-bond donors (Lipinski definition) is 1. The molecule has 1 saturated heterocycles. The van der Waals surface area contributed by atoms with Gasteiger partial charge in [-0.1, -0.05) is 0 Å². The lowest BCUT2D eigenvalue weighted by Crippen LogP contribution is -2.61. The van der Waals surface area contributed by atoms with E-state index in [0.29, 0.717) is 13.2 Å². The highest BCUT2D eigenvalue weighted by molar-refractivity contribution is 5.41. The summed E-state index contributed by atoms with van der Waals surface area (Å²) in [6.07, 6.45) is 1.89. The summed E-state index contributed by atoms with van der Waals surface area (Å²) in [5.41, 5.74) is 3.60. The van der Waals surface area contributed by atoms with Gasteiger partial charge in [-0.3, -0.25) is 4.98 Å². The molecule has 1 spiro atoms. The molecule has 3 heterocycles. The van der Waals surface area contributed by atoms with Crippen LogP contribution in [0.1, 0.15) is 22.7 Å². The summed E-state index contributed by atoms with van der Waals surface area (Å²) in [6, 6.07) is 2.07. The molecule has 0 aromatic carbocycles. The molecule has 0 aliphatic carbocycles. The Morgan fingerprint density at radius 1 is 1.59 bits per heavy atom. The van der Waals surface area contributed by atoms with Gasteiger partial charge in [0.1, 0.15) is 5.60 Å². The molecule has 1 aromatic rings. The van der Waals surface area contributed by atoms with E-state index >= 15 is 0 Å². The Morgan fingerprint density at radius 3 is 3.06 bits per heavy atom. The summed E-state index contributed by atoms with van der Waals surface area (Å²) in [5, 5.41) is 3.30. The second-order valence-electron chi connectivity index (χ2n) is 4.95. The second kappa shape index (κ2) is 4.05. The van der Waals surface area contributed by atoms with Crippen LogP contribution in [-0.4, -0.2) is 38.4 Å². The van der Waals surface area contributed by atoms with Crippen molar-refractivity contribution in [2.45, 2.75) is 18.4 Å². The van der Waals surface area contributed by atoms with Crippen LogP contribution in [0, 0.1) is 6.92 Å². The van der Waals surface area contributed by atoms with Crippen LogP contribution in [0.3, 0.4) is 0 Å². The topological polar surface area (TPSA) is 43.4 Å². The highest BCUT2D eigenvalue weighted by atomic mass is 16.5. The molecule has 0 saturated carbocycles. The molecule has 1 aromatic heterocycles. The van der Waals surface area contributed by atoms with E-state index in [-0.39, 0.29) is 11.5 Å². The molecule has 4 nitrogen and oxygen atoms in total. The lowest BCUT2D eigenvalue weighted by atomic mass is 9.79. The molecule has 1 fully saturated rings. The third kappa shape index (κ3) is 1.59. The quantitative estimate of drug-likeness (QED) is 0.827. The summed E-state index contributed by atoms with van der Waals surface area (Å²) >= 11 is 0. The molecule has 1 N–H and O–H groups in total. The minimum absolute atomic E-state index is 0.127. The van der Waals surface area contributed by atoms with Gasteiger partial charge in [0.2, 0.25) is 0 Å². The van der Waals surface area contributed by atoms with E-state index in [2.05, 4.69) is 23.3 Å². The molecule has 4 heteroatoms. The molecule has 3 rings (SSSR count). The minimum atomic E-state index is -0.127. The van der Waals surface area contributed by atoms with Gasteiger partial charge in [-0.2, -0.15) is 0 Å². The number of ether oxygens (including phenoxy) is 2. The van der Waals surface area contributed by atoms with Crippen LogP contribution in [0.25, 0.3) is 0 Å². The lowest BCUT2D eigenvalue weighted by Gasteiger charge is -2.48. The van der Waals surface area contributed by atoms with Crippen molar-refractivity contribution in [1.29, 1.82) is 0 Å². The van der Waals surface area contributed by atoms with Crippen LogP contribution in [-0.2, 0) is 15.1 Å². The first kappa shape index (κ1) is 11.1. The predicted octanol–water partition coefficient (Wildman–Crippen LogP) is 0.949. The summed E-state index contributed by atoms with van der Waals surface area (Å²) in [5.74, 6) is 0.265. The van der Waals surface area contributed by atoms with Crippen molar-refractivity contribution in [3.8, 4) is 0 Å². The SMILES string of the molecule is COCC1COC2(CNC2)c2c(C)ccnc21. The van der Waals surface area contributed by atoms with Crippen molar-refractivity contribution in [3.63, 3.8) is 0 Å². The van der Waals surface area contributed by atoms with Gasteiger partial charge < -0.3 is 14.8 Å². The molecule has 0 radical (unpaired) electrons. The maximum absolute atomic E-state index is 6.09. The average Bonchev–Trinajstić information content (AvgIpc) is 2.28. The third-order valence-corrected chi connectivity index (χ3v) is 3.78. The monoisotopic (exact) mass is 234 g/mol. The van der Waals surface area contributed by atoms with Crippen LogP contribution in [0.2, 0.25) is 0 Å². The molecule has 2 aliphatic rings. The van der Waals surface area contributed by atoms with E-state index in [1.54, 1.807) is 7.11 Å². The van der Waals surface area contributed by atoms with Crippen LogP contribution >= 0.6 is 0 Å². The van der Waals surface area contributed by atoms with Crippen LogP contribution in [0.4, 0.5) is 0 Å². The Bertz CT molecular complexity index is 429. The summed E-state index contributed by atoms with van der Waals surface area (Å²) in [7, 11) is 1.73. The minimum Gasteiger partial charge on any atom is -0.384 e. The fraction of sp³-hybridized carbons (Fsp3) is 0.615. The number of nitrogens with zero attached hydrogens (tertiary/aromatic N) is 1. The Kier molecular flexibility index (Phi) is 2.65. The smallest absolute Gasteiger partial charge is 0.120 e. The number of methoxy groups -OCH3 is 1. The highest BCUT2D eigenvalue weighted by Gasteiger charge is 2.47. The van der Waals surface area contributed by atoms with Crippen molar-refractivity contribution >= 4 is 0 Å². The summed E-state index contributed by atoms with van der Waals surface area (Å²) in [4.78, 5) is 4.57. The van der Waals surface area contributed by atoms with E-state index in [4.69, 9.17) is 9.47 Å². The van der Waals surface area contributed by atoms with Crippen molar-refractivity contribution in [2.75, 3.05) is 33.4 Å². The van der Waals surface area contributed by atoms with Crippen LogP contribution < -0.4 is 5.32 Å². The molecule has 92 valence electrons. The first-order chi connectivity index (χ1) is 8.27. The van der Waals surface area contributed by atoms with Crippen molar-refractivity contribution < 1.29 is 9.47 Å². The van der Waals surface area contributed by atoms with Gasteiger partial charge in [0.25, 0.3) is 0 Å². The first-order valence-corrected chi connectivity index (χ1v) is 6.06. The van der Waals surface area contributed by atoms with Gasteiger partial charge in [-0.05, 0) is 18.6 Å². The van der Waals surface area contributed by atoms with E-state index in [9.17, 15) is 0 Å². The second-order valence-corrected chi connectivity index (χ2v) is 4.95. The Labute approximate surface area is 101 Å². The number of hydrogen-bond acceptors (Lipinski definition) is 4. The van der Waals surface area contributed by atoms with Gasteiger partial charge in [-0.25, -0.2) is 0 Å². The van der Waals surface area contributed by atoms with Crippen molar-refractivity contribution in [3.05, 3.63) is 29.1 Å². The van der Waals surface area contributed by atoms with Crippen LogP contribution in [0.15, 0.2) is 12.3 Å².